The maximum Gasteiger partial charge on any atom is 0.0553 e. The molecular weight excluding hydrogens is 210 g/mol. The summed E-state index contributed by atoms with van der Waals surface area (Å²) in [5.74, 6) is 0.823. The second-order valence-electron chi connectivity index (χ2n) is 4.22. The van der Waals surface area contributed by atoms with E-state index in [4.69, 9.17) is 0 Å². The number of aryl methyl sites for hydroxylation is 1. The molecule has 0 saturated carbocycles. The van der Waals surface area contributed by atoms with Gasteiger partial charge in [-0.1, -0.05) is 6.92 Å². The molecule has 1 saturated heterocycles. The van der Waals surface area contributed by atoms with Crippen LogP contribution in [-0.2, 0) is 6.54 Å². The minimum atomic E-state index is 0. The molecule has 0 amide bonds. The van der Waals surface area contributed by atoms with E-state index in [1.165, 1.54) is 18.5 Å². The Kier molecular flexibility index (Phi) is 4.61. The highest BCUT2D eigenvalue weighted by molar-refractivity contribution is 5.85. The van der Waals surface area contributed by atoms with Crippen LogP contribution < -0.4 is 5.32 Å². The van der Waals surface area contributed by atoms with Gasteiger partial charge in [-0.2, -0.15) is 5.10 Å². The molecule has 2 atom stereocenters. The number of piperidine rings is 1. The van der Waals surface area contributed by atoms with Gasteiger partial charge >= 0.3 is 0 Å². The Labute approximate surface area is 97.7 Å². The van der Waals surface area contributed by atoms with E-state index in [-0.39, 0.29) is 12.4 Å². The van der Waals surface area contributed by atoms with E-state index in [1.54, 1.807) is 0 Å². The van der Waals surface area contributed by atoms with E-state index < -0.39 is 0 Å². The molecule has 1 aromatic heterocycles. The van der Waals surface area contributed by atoms with Crippen molar-refractivity contribution < 1.29 is 0 Å². The SMILES string of the molecule is CCn1nccc1C1CCC(C)CN1.Cl. The van der Waals surface area contributed by atoms with Gasteiger partial charge in [-0.05, 0) is 38.3 Å². The van der Waals surface area contributed by atoms with Gasteiger partial charge < -0.3 is 5.32 Å². The molecule has 1 N–H and O–H groups in total. The minimum absolute atomic E-state index is 0. The molecule has 15 heavy (non-hydrogen) atoms. The molecule has 1 aliphatic rings. The Hall–Kier alpha value is -0.540. The van der Waals surface area contributed by atoms with E-state index in [0.717, 1.165) is 19.0 Å². The van der Waals surface area contributed by atoms with Gasteiger partial charge in [0.2, 0.25) is 0 Å². The molecule has 1 aliphatic heterocycles. The van der Waals surface area contributed by atoms with Crippen molar-refractivity contribution in [1.29, 1.82) is 0 Å². The number of rotatable bonds is 2. The summed E-state index contributed by atoms with van der Waals surface area (Å²) in [6.07, 6.45) is 4.47. The Morgan fingerprint density at radius 1 is 1.53 bits per heavy atom. The zero-order chi connectivity index (χ0) is 9.97. The van der Waals surface area contributed by atoms with Crippen molar-refractivity contribution in [2.75, 3.05) is 6.54 Å². The summed E-state index contributed by atoms with van der Waals surface area (Å²) >= 11 is 0. The molecule has 0 bridgehead atoms. The summed E-state index contributed by atoms with van der Waals surface area (Å²) in [5, 5.41) is 7.89. The summed E-state index contributed by atoms with van der Waals surface area (Å²) in [7, 11) is 0. The highest BCUT2D eigenvalue weighted by Crippen LogP contribution is 2.24. The number of nitrogens with zero attached hydrogens (tertiary/aromatic N) is 2. The molecule has 0 aromatic carbocycles. The molecule has 2 unspecified atom stereocenters. The van der Waals surface area contributed by atoms with Gasteiger partial charge in [-0.3, -0.25) is 4.68 Å². The first kappa shape index (κ1) is 12.5. The van der Waals surface area contributed by atoms with Gasteiger partial charge in [0.15, 0.2) is 0 Å². The molecule has 3 nitrogen and oxygen atoms in total. The van der Waals surface area contributed by atoms with Crippen LogP contribution in [0.1, 0.15) is 38.4 Å². The van der Waals surface area contributed by atoms with Crippen molar-refractivity contribution in [3.05, 3.63) is 18.0 Å². The van der Waals surface area contributed by atoms with Crippen LogP contribution in [0.3, 0.4) is 0 Å². The Morgan fingerprint density at radius 3 is 2.93 bits per heavy atom. The molecule has 4 heteroatoms. The average molecular weight is 230 g/mol. The molecule has 86 valence electrons. The molecule has 1 fully saturated rings. The number of aromatic nitrogens is 2. The lowest BCUT2D eigenvalue weighted by Crippen LogP contribution is -2.33. The summed E-state index contributed by atoms with van der Waals surface area (Å²) in [5.41, 5.74) is 1.35. The Bertz CT molecular complexity index is 290. The van der Waals surface area contributed by atoms with Crippen molar-refractivity contribution in [3.63, 3.8) is 0 Å². The van der Waals surface area contributed by atoms with E-state index in [9.17, 15) is 0 Å². The lowest BCUT2D eigenvalue weighted by atomic mass is 9.95. The predicted molar refractivity (Wildman–Crippen MR) is 64.3 cm³/mol. The van der Waals surface area contributed by atoms with E-state index in [2.05, 4.69) is 35.0 Å². The van der Waals surface area contributed by atoms with E-state index >= 15 is 0 Å². The van der Waals surface area contributed by atoms with Gasteiger partial charge in [0.25, 0.3) is 0 Å². The lowest BCUT2D eigenvalue weighted by Gasteiger charge is -2.28. The number of halogens is 1. The zero-order valence-electron chi connectivity index (χ0n) is 9.44. The van der Waals surface area contributed by atoms with Crippen LogP contribution >= 0.6 is 12.4 Å². The van der Waals surface area contributed by atoms with Crippen LogP contribution in [0.4, 0.5) is 0 Å². The third-order valence-electron chi connectivity index (χ3n) is 3.07. The summed E-state index contributed by atoms with van der Waals surface area (Å²) in [6, 6.07) is 2.66. The highest BCUT2D eigenvalue weighted by Gasteiger charge is 2.21. The number of nitrogens with one attached hydrogen (secondary N) is 1. The van der Waals surface area contributed by atoms with Crippen molar-refractivity contribution in [3.8, 4) is 0 Å². The van der Waals surface area contributed by atoms with Crippen LogP contribution in [0.2, 0.25) is 0 Å². The smallest absolute Gasteiger partial charge is 0.0553 e. The first-order valence-electron chi connectivity index (χ1n) is 5.56. The van der Waals surface area contributed by atoms with Crippen molar-refractivity contribution in [2.45, 2.75) is 39.3 Å². The molecule has 0 aliphatic carbocycles. The fourth-order valence-electron chi connectivity index (χ4n) is 2.15. The van der Waals surface area contributed by atoms with Gasteiger partial charge in [0.05, 0.1) is 5.69 Å². The normalized spacial score (nSPS) is 26.0. The van der Waals surface area contributed by atoms with Crippen LogP contribution in [0, 0.1) is 5.92 Å². The van der Waals surface area contributed by atoms with Crippen molar-refractivity contribution >= 4 is 12.4 Å². The van der Waals surface area contributed by atoms with Gasteiger partial charge in [0.1, 0.15) is 0 Å². The molecule has 1 aromatic rings. The van der Waals surface area contributed by atoms with Crippen LogP contribution in [0.5, 0.6) is 0 Å². The van der Waals surface area contributed by atoms with E-state index in [0.29, 0.717) is 6.04 Å². The average Bonchev–Trinajstić information content (AvgIpc) is 2.67. The van der Waals surface area contributed by atoms with Gasteiger partial charge in [-0.25, -0.2) is 0 Å². The largest absolute Gasteiger partial charge is 0.308 e. The fraction of sp³-hybridized carbons (Fsp3) is 0.727. The van der Waals surface area contributed by atoms with Crippen LogP contribution in [0.25, 0.3) is 0 Å². The summed E-state index contributed by atoms with van der Waals surface area (Å²) in [6.45, 7) is 6.55. The summed E-state index contributed by atoms with van der Waals surface area (Å²) in [4.78, 5) is 0. The van der Waals surface area contributed by atoms with Crippen LogP contribution in [-0.4, -0.2) is 16.3 Å². The Morgan fingerprint density at radius 2 is 2.33 bits per heavy atom. The molecular formula is C11H20ClN3. The maximum absolute atomic E-state index is 4.31. The first-order valence-corrected chi connectivity index (χ1v) is 5.56. The number of hydrogen-bond acceptors (Lipinski definition) is 2. The second kappa shape index (κ2) is 5.52. The first-order chi connectivity index (χ1) is 6.81. The monoisotopic (exact) mass is 229 g/mol. The van der Waals surface area contributed by atoms with Gasteiger partial charge in [0, 0.05) is 18.8 Å². The van der Waals surface area contributed by atoms with Crippen molar-refractivity contribution in [1.82, 2.24) is 15.1 Å². The third-order valence-corrected chi connectivity index (χ3v) is 3.07. The molecule has 2 rings (SSSR count). The fourth-order valence-corrected chi connectivity index (χ4v) is 2.15. The molecule has 0 radical (unpaired) electrons. The molecule has 2 heterocycles. The van der Waals surface area contributed by atoms with Gasteiger partial charge in [-0.15, -0.1) is 12.4 Å². The maximum atomic E-state index is 4.31. The number of hydrogen-bond donors (Lipinski definition) is 1. The quantitative estimate of drug-likeness (QED) is 0.844. The highest BCUT2D eigenvalue weighted by atomic mass is 35.5. The second-order valence-corrected chi connectivity index (χ2v) is 4.22. The predicted octanol–water partition coefficient (Wildman–Crippen LogP) is 2.39. The topological polar surface area (TPSA) is 29.9 Å². The van der Waals surface area contributed by atoms with Crippen LogP contribution in [0.15, 0.2) is 12.3 Å². The summed E-state index contributed by atoms with van der Waals surface area (Å²) < 4.78 is 2.09. The van der Waals surface area contributed by atoms with Crippen molar-refractivity contribution in [2.24, 2.45) is 5.92 Å². The standard InChI is InChI=1S/C11H19N3.ClH/c1-3-14-11(6-7-13-14)10-5-4-9(2)8-12-10;/h6-7,9-10,12H,3-5,8H2,1-2H3;1H. The molecule has 0 spiro atoms. The zero-order valence-corrected chi connectivity index (χ0v) is 10.3. The minimum Gasteiger partial charge on any atom is -0.308 e. The third kappa shape index (κ3) is 2.73. The van der Waals surface area contributed by atoms with E-state index in [1.807, 2.05) is 6.20 Å². The lowest BCUT2D eigenvalue weighted by molar-refractivity contribution is 0.320. The Balaban J connectivity index is 0.00000112.